The topological polar surface area (TPSA) is 189 Å². The number of nitrogens with two attached hydrogens (primary N) is 1. The van der Waals surface area contributed by atoms with E-state index in [4.69, 9.17) is 10.5 Å². The average Bonchev–Trinajstić information content (AvgIpc) is 3.09. The van der Waals surface area contributed by atoms with Crippen LogP contribution in [0.15, 0.2) is 103 Å². The first-order valence-corrected chi connectivity index (χ1v) is 14.4. The summed E-state index contributed by atoms with van der Waals surface area (Å²) in [5.41, 5.74) is 9.08. The van der Waals surface area contributed by atoms with Crippen LogP contribution in [0.3, 0.4) is 0 Å². The standard InChI is InChI=1S/C27H30N8O3.C6H5NO/c28-14-16-38-17-15-29-25-33-26(35-27(34-25)32-22-10-12-23(36)13-11-22)31-21-8-6-20(7-9-21)24(37)30-18-19-4-2-1-3-5-19;8-5-6-1-3-7-4-2-6/h1-13,36H,14-18,28H2,(H,30,37)(H3,29,31,32,33,34,35);1-5H. The minimum absolute atomic E-state index is 0.158. The molecule has 5 aromatic rings. The number of pyridine rings is 1. The number of anilines is 5. The molecule has 1 amide bonds. The summed E-state index contributed by atoms with van der Waals surface area (Å²) < 4.78 is 5.39. The molecule has 0 aliphatic heterocycles. The van der Waals surface area contributed by atoms with Gasteiger partial charge in [0.15, 0.2) is 0 Å². The number of rotatable bonds is 14. The monoisotopic (exact) mass is 621 g/mol. The van der Waals surface area contributed by atoms with Crippen molar-refractivity contribution in [3.63, 3.8) is 0 Å². The van der Waals surface area contributed by atoms with Crippen molar-refractivity contribution in [3.8, 4) is 5.75 Å². The van der Waals surface area contributed by atoms with Crippen LogP contribution in [-0.4, -0.2) is 63.5 Å². The van der Waals surface area contributed by atoms with E-state index in [0.717, 1.165) is 11.8 Å². The smallest absolute Gasteiger partial charge is 0.251 e. The number of nitrogens with one attached hydrogen (secondary N) is 4. The second-order valence-electron chi connectivity index (χ2n) is 9.57. The molecule has 0 saturated heterocycles. The minimum Gasteiger partial charge on any atom is -0.508 e. The van der Waals surface area contributed by atoms with E-state index < -0.39 is 0 Å². The second-order valence-corrected chi connectivity index (χ2v) is 9.57. The highest BCUT2D eigenvalue weighted by atomic mass is 16.5. The maximum absolute atomic E-state index is 12.5. The number of aromatic hydroxyl groups is 1. The van der Waals surface area contributed by atoms with Crippen LogP contribution in [0.1, 0.15) is 26.3 Å². The molecule has 0 aliphatic carbocycles. The van der Waals surface area contributed by atoms with Gasteiger partial charge in [-0.1, -0.05) is 30.3 Å². The predicted octanol–water partition coefficient (Wildman–Crippen LogP) is 4.28. The fourth-order valence-electron chi connectivity index (χ4n) is 3.82. The van der Waals surface area contributed by atoms with E-state index in [-0.39, 0.29) is 11.7 Å². The predicted molar refractivity (Wildman–Crippen MR) is 177 cm³/mol. The quantitative estimate of drug-likeness (QED) is 0.0587. The highest BCUT2D eigenvalue weighted by molar-refractivity contribution is 5.94. The third kappa shape index (κ3) is 11.3. The molecular formula is C33H35N9O4. The summed E-state index contributed by atoms with van der Waals surface area (Å²) in [4.78, 5) is 39.5. The van der Waals surface area contributed by atoms with Gasteiger partial charge in [-0.15, -0.1) is 0 Å². The molecule has 0 unspecified atom stereocenters. The van der Waals surface area contributed by atoms with Gasteiger partial charge in [-0.25, -0.2) is 0 Å². The molecule has 46 heavy (non-hydrogen) atoms. The first-order valence-electron chi connectivity index (χ1n) is 14.4. The molecule has 0 spiro atoms. The average molecular weight is 622 g/mol. The molecule has 0 saturated carbocycles. The van der Waals surface area contributed by atoms with Gasteiger partial charge in [0.1, 0.15) is 12.0 Å². The van der Waals surface area contributed by atoms with Crippen molar-refractivity contribution in [2.75, 3.05) is 42.3 Å². The molecule has 5 rings (SSSR count). The number of carbonyl (C=O) groups excluding carboxylic acids is 2. The molecule has 13 heteroatoms. The summed E-state index contributed by atoms with van der Waals surface area (Å²) in [7, 11) is 0. The van der Waals surface area contributed by atoms with E-state index in [1.165, 1.54) is 0 Å². The van der Waals surface area contributed by atoms with E-state index in [2.05, 4.69) is 41.2 Å². The maximum atomic E-state index is 12.5. The Balaban J connectivity index is 0.000000523. The molecule has 2 aromatic heterocycles. The maximum Gasteiger partial charge on any atom is 0.251 e. The number of aldehydes is 1. The number of ether oxygens (including phenoxy) is 1. The normalized spacial score (nSPS) is 10.2. The van der Waals surface area contributed by atoms with E-state index in [0.29, 0.717) is 73.2 Å². The number of phenols is 1. The van der Waals surface area contributed by atoms with Crippen molar-refractivity contribution in [1.82, 2.24) is 25.3 Å². The molecule has 236 valence electrons. The van der Waals surface area contributed by atoms with Crippen molar-refractivity contribution in [1.29, 1.82) is 0 Å². The number of carbonyl (C=O) groups is 2. The lowest BCUT2D eigenvalue weighted by molar-refractivity contribution is 0.0950. The number of hydrogen-bond donors (Lipinski definition) is 6. The van der Waals surface area contributed by atoms with Crippen LogP contribution in [-0.2, 0) is 11.3 Å². The Morgan fingerprint density at radius 3 is 1.98 bits per heavy atom. The molecule has 0 radical (unpaired) electrons. The van der Waals surface area contributed by atoms with Crippen LogP contribution in [0, 0.1) is 0 Å². The lowest BCUT2D eigenvalue weighted by Crippen LogP contribution is -2.22. The van der Waals surface area contributed by atoms with Gasteiger partial charge in [0.25, 0.3) is 5.91 Å². The van der Waals surface area contributed by atoms with Gasteiger partial charge in [-0.05, 0) is 66.2 Å². The summed E-state index contributed by atoms with van der Waals surface area (Å²) in [6.07, 6.45) is 3.97. The lowest BCUT2D eigenvalue weighted by atomic mass is 10.2. The summed E-state index contributed by atoms with van der Waals surface area (Å²) in [5.74, 6) is 0.940. The van der Waals surface area contributed by atoms with Crippen molar-refractivity contribution in [3.05, 3.63) is 120 Å². The van der Waals surface area contributed by atoms with Crippen LogP contribution >= 0.6 is 0 Å². The number of phenolic OH excluding ortho intramolecular Hbond substituents is 1. The molecule has 0 bridgehead atoms. The molecule has 0 fully saturated rings. The Bertz CT molecular complexity index is 1640. The highest BCUT2D eigenvalue weighted by Gasteiger charge is 2.10. The summed E-state index contributed by atoms with van der Waals surface area (Å²) in [5, 5.41) is 21.8. The van der Waals surface area contributed by atoms with Gasteiger partial charge < -0.3 is 36.8 Å². The third-order valence-corrected chi connectivity index (χ3v) is 6.09. The van der Waals surface area contributed by atoms with Crippen LogP contribution in [0.25, 0.3) is 0 Å². The van der Waals surface area contributed by atoms with Crippen LogP contribution in [0.5, 0.6) is 5.75 Å². The zero-order valence-electron chi connectivity index (χ0n) is 25.0. The van der Waals surface area contributed by atoms with E-state index in [1.807, 2.05) is 30.3 Å². The summed E-state index contributed by atoms with van der Waals surface area (Å²) >= 11 is 0. The number of aromatic nitrogens is 4. The Hall–Kier alpha value is -5.92. The van der Waals surface area contributed by atoms with Crippen molar-refractivity contribution in [2.24, 2.45) is 5.73 Å². The van der Waals surface area contributed by atoms with Gasteiger partial charge in [0, 0.05) is 54.5 Å². The molecule has 0 aliphatic rings. The fourth-order valence-corrected chi connectivity index (χ4v) is 3.82. The van der Waals surface area contributed by atoms with Crippen molar-refractivity contribution < 1.29 is 19.4 Å². The van der Waals surface area contributed by atoms with Gasteiger partial charge in [-0.3, -0.25) is 14.6 Å². The van der Waals surface area contributed by atoms with Gasteiger partial charge in [0.2, 0.25) is 17.8 Å². The minimum atomic E-state index is -0.163. The molecule has 13 nitrogen and oxygen atoms in total. The van der Waals surface area contributed by atoms with Crippen molar-refractivity contribution >= 4 is 41.4 Å². The zero-order chi connectivity index (χ0) is 32.4. The lowest BCUT2D eigenvalue weighted by Gasteiger charge is -2.12. The number of benzene rings is 3. The summed E-state index contributed by atoms with van der Waals surface area (Å²) in [6.45, 7) is 2.30. The SMILES string of the molecule is NCCOCCNc1nc(Nc2ccc(O)cc2)nc(Nc2ccc(C(=O)NCc3ccccc3)cc2)n1.O=Cc1ccncc1. The fraction of sp³-hybridized carbons (Fsp3) is 0.152. The Kier molecular flexibility index (Phi) is 12.9. The number of nitrogens with zero attached hydrogens (tertiary/aromatic N) is 4. The van der Waals surface area contributed by atoms with Gasteiger partial charge in [-0.2, -0.15) is 15.0 Å². The summed E-state index contributed by atoms with van der Waals surface area (Å²) in [6, 6.07) is 26.6. The number of amides is 1. The van der Waals surface area contributed by atoms with Crippen LogP contribution < -0.4 is 27.0 Å². The Morgan fingerprint density at radius 2 is 1.39 bits per heavy atom. The molecule has 3 aromatic carbocycles. The van der Waals surface area contributed by atoms with Gasteiger partial charge in [0.05, 0.1) is 13.2 Å². The van der Waals surface area contributed by atoms with Gasteiger partial charge >= 0.3 is 0 Å². The van der Waals surface area contributed by atoms with E-state index in [9.17, 15) is 14.7 Å². The highest BCUT2D eigenvalue weighted by Crippen LogP contribution is 2.21. The van der Waals surface area contributed by atoms with Crippen LogP contribution in [0.4, 0.5) is 29.2 Å². The van der Waals surface area contributed by atoms with Crippen molar-refractivity contribution in [2.45, 2.75) is 6.54 Å². The zero-order valence-corrected chi connectivity index (χ0v) is 25.0. The first-order chi connectivity index (χ1) is 22.5. The number of hydrogen-bond acceptors (Lipinski definition) is 12. The van der Waals surface area contributed by atoms with E-state index in [1.54, 1.807) is 73.1 Å². The first kappa shape index (κ1) is 33.0. The third-order valence-electron chi connectivity index (χ3n) is 6.09. The largest absolute Gasteiger partial charge is 0.508 e. The molecule has 2 heterocycles. The van der Waals surface area contributed by atoms with Crippen LogP contribution in [0.2, 0.25) is 0 Å². The Labute approximate surface area is 266 Å². The Morgan fingerprint density at radius 1 is 0.783 bits per heavy atom. The second kappa shape index (κ2) is 18.0. The molecule has 0 atom stereocenters. The molecular weight excluding hydrogens is 586 g/mol. The molecule has 7 N–H and O–H groups in total. The van der Waals surface area contributed by atoms with E-state index >= 15 is 0 Å².